The molecule has 0 spiro atoms. The topological polar surface area (TPSA) is 29.3 Å². The van der Waals surface area contributed by atoms with Crippen molar-refractivity contribution in [2.45, 2.75) is 26.7 Å². The maximum atomic E-state index is 5.94. The summed E-state index contributed by atoms with van der Waals surface area (Å²) in [7, 11) is 0. The SMILES string of the molecule is Cc1ccc2oc(-c3ccc(C)c(N4CCCC4)c3)nc2c1. The van der Waals surface area contributed by atoms with Crippen LogP contribution in [0.3, 0.4) is 0 Å². The van der Waals surface area contributed by atoms with Crippen LogP contribution in [0.4, 0.5) is 5.69 Å². The maximum absolute atomic E-state index is 5.94. The molecule has 3 aromatic rings. The van der Waals surface area contributed by atoms with Crippen LogP contribution in [0.15, 0.2) is 40.8 Å². The van der Waals surface area contributed by atoms with Crippen molar-refractivity contribution in [2.75, 3.05) is 18.0 Å². The van der Waals surface area contributed by atoms with Crippen molar-refractivity contribution in [2.24, 2.45) is 0 Å². The summed E-state index contributed by atoms with van der Waals surface area (Å²) in [6.07, 6.45) is 2.57. The third kappa shape index (κ3) is 2.27. The van der Waals surface area contributed by atoms with Crippen molar-refractivity contribution in [3.05, 3.63) is 47.5 Å². The molecule has 22 heavy (non-hydrogen) atoms. The summed E-state index contributed by atoms with van der Waals surface area (Å²) in [6, 6.07) is 12.6. The summed E-state index contributed by atoms with van der Waals surface area (Å²) in [5.41, 5.74) is 6.67. The zero-order valence-electron chi connectivity index (χ0n) is 13.1. The predicted molar refractivity (Wildman–Crippen MR) is 90.4 cm³/mol. The first-order valence-electron chi connectivity index (χ1n) is 7.94. The Labute approximate surface area is 130 Å². The summed E-state index contributed by atoms with van der Waals surface area (Å²) in [4.78, 5) is 7.12. The van der Waals surface area contributed by atoms with Gasteiger partial charge in [-0.25, -0.2) is 4.98 Å². The summed E-state index contributed by atoms with van der Waals surface area (Å²) in [6.45, 7) is 6.55. The summed E-state index contributed by atoms with van der Waals surface area (Å²) < 4.78 is 5.94. The Morgan fingerprint density at radius 1 is 1.00 bits per heavy atom. The second-order valence-corrected chi connectivity index (χ2v) is 6.19. The Kier molecular flexibility index (Phi) is 3.14. The first-order valence-corrected chi connectivity index (χ1v) is 7.94. The van der Waals surface area contributed by atoms with E-state index in [1.807, 2.05) is 6.07 Å². The molecular formula is C19H20N2O. The van der Waals surface area contributed by atoms with Gasteiger partial charge in [-0.15, -0.1) is 0 Å². The molecule has 1 aromatic heterocycles. The minimum Gasteiger partial charge on any atom is -0.436 e. The van der Waals surface area contributed by atoms with Crippen LogP contribution in [-0.2, 0) is 0 Å². The number of rotatable bonds is 2. The molecule has 0 N–H and O–H groups in total. The molecule has 2 aromatic carbocycles. The van der Waals surface area contributed by atoms with Gasteiger partial charge in [-0.1, -0.05) is 12.1 Å². The number of fused-ring (bicyclic) bond motifs is 1. The van der Waals surface area contributed by atoms with E-state index in [9.17, 15) is 0 Å². The van der Waals surface area contributed by atoms with Gasteiger partial charge in [0.1, 0.15) is 5.52 Å². The van der Waals surface area contributed by atoms with Crippen molar-refractivity contribution in [1.82, 2.24) is 4.98 Å². The van der Waals surface area contributed by atoms with Gasteiger partial charge < -0.3 is 9.32 Å². The Morgan fingerprint density at radius 3 is 2.64 bits per heavy atom. The standard InChI is InChI=1S/C19H20N2O/c1-13-5-8-18-16(11-13)20-19(22-18)15-7-6-14(2)17(12-15)21-9-3-4-10-21/h5-8,11-12H,3-4,9-10H2,1-2H3. The van der Waals surface area contributed by atoms with E-state index in [1.165, 1.54) is 29.7 Å². The van der Waals surface area contributed by atoms with Crippen LogP contribution in [0.25, 0.3) is 22.6 Å². The molecule has 0 radical (unpaired) electrons. The van der Waals surface area contributed by atoms with Gasteiger partial charge in [0, 0.05) is 24.3 Å². The highest BCUT2D eigenvalue weighted by Gasteiger charge is 2.16. The lowest BCUT2D eigenvalue weighted by Gasteiger charge is -2.20. The van der Waals surface area contributed by atoms with Crippen LogP contribution in [0, 0.1) is 13.8 Å². The van der Waals surface area contributed by atoms with Gasteiger partial charge in [0.2, 0.25) is 5.89 Å². The molecule has 3 nitrogen and oxygen atoms in total. The molecule has 3 heteroatoms. The van der Waals surface area contributed by atoms with Crippen LogP contribution in [-0.4, -0.2) is 18.1 Å². The first-order chi connectivity index (χ1) is 10.7. The molecule has 0 saturated carbocycles. The smallest absolute Gasteiger partial charge is 0.227 e. The molecule has 0 amide bonds. The number of hydrogen-bond donors (Lipinski definition) is 0. The largest absolute Gasteiger partial charge is 0.436 e. The van der Waals surface area contributed by atoms with E-state index >= 15 is 0 Å². The molecule has 0 unspecified atom stereocenters. The second-order valence-electron chi connectivity index (χ2n) is 6.19. The molecule has 1 aliphatic heterocycles. The highest BCUT2D eigenvalue weighted by molar-refractivity contribution is 5.77. The average molecular weight is 292 g/mol. The van der Waals surface area contributed by atoms with E-state index < -0.39 is 0 Å². The lowest BCUT2D eigenvalue weighted by atomic mass is 10.1. The number of benzene rings is 2. The van der Waals surface area contributed by atoms with Gasteiger partial charge in [-0.2, -0.15) is 0 Å². The molecular weight excluding hydrogens is 272 g/mol. The number of aryl methyl sites for hydroxylation is 2. The second kappa shape index (κ2) is 5.16. The van der Waals surface area contributed by atoms with Crippen molar-refractivity contribution >= 4 is 16.8 Å². The van der Waals surface area contributed by atoms with Crippen molar-refractivity contribution < 1.29 is 4.42 Å². The fraction of sp³-hybridized carbons (Fsp3) is 0.316. The van der Waals surface area contributed by atoms with Crippen LogP contribution in [0.2, 0.25) is 0 Å². The lowest BCUT2D eigenvalue weighted by Crippen LogP contribution is -2.18. The van der Waals surface area contributed by atoms with E-state index in [2.05, 4.69) is 54.1 Å². The molecule has 4 rings (SSSR count). The average Bonchev–Trinajstić information content (AvgIpc) is 3.16. The molecule has 2 heterocycles. The highest BCUT2D eigenvalue weighted by Crippen LogP contribution is 2.31. The maximum Gasteiger partial charge on any atom is 0.227 e. The molecule has 0 aliphatic carbocycles. The number of anilines is 1. The Balaban J connectivity index is 1.78. The first kappa shape index (κ1) is 13.4. The third-order valence-electron chi connectivity index (χ3n) is 4.45. The normalized spacial score (nSPS) is 14.9. The number of nitrogens with zero attached hydrogens (tertiary/aromatic N) is 2. The predicted octanol–water partition coefficient (Wildman–Crippen LogP) is 4.71. The molecule has 1 fully saturated rings. The van der Waals surface area contributed by atoms with Gasteiger partial charge in [0.25, 0.3) is 0 Å². The molecule has 1 saturated heterocycles. The minimum atomic E-state index is 0.709. The van der Waals surface area contributed by atoms with E-state index in [0.717, 1.165) is 29.8 Å². The molecule has 112 valence electrons. The fourth-order valence-corrected chi connectivity index (χ4v) is 3.20. The monoisotopic (exact) mass is 292 g/mol. The molecule has 0 bridgehead atoms. The van der Waals surface area contributed by atoms with Crippen molar-refractivity contribution in [3.63, 3.8) is 0 Å². The Morgan fingerprint density at radius 2 is 1.82 bits per heavy atom. The van der Waals surface area contributed by atoms with Crippen molar-refractivity contribution in [1.29, 1.82) is 0 Å². The zero-order chi connectivity index (χ0) is 15.1. The van der Waals surface area contributed by atoms with E-state index in [0.29, 0.717) is 5.89 Å². The quantitative estimate of drug-likeness (QED) is 0.685. The minimum absolute atomic E-state index is 0.709. The number of oxazole rings is 1. The van der Waals surface area contributed by atoms with Gasteiger partial charge in [0.05, 0.1) is 0 Å². The fourth-order valence-electron chi connectivity index (χ4n) is 3.20. The van der Waals surface area contributed by atoms with Crippen LogP contribution in [0.5, 0.6) is 0 Å². The van der Waals surface area contributed by atoms with Gasteiger partial charge >= 0.3 is 0 Å². The van der Waals surface area contributed by atoms with Crippen molar-refractivity contribution in [3.8, 4) is 11.5 Å². The number of hydrogen-bond acceptors (Lipinski definition) is 3. The Hall–Kier alpha value is -2.29. The summed E-state index contributed by atoms with van der Waals surface area (Å²) in [5.74, 6) is 0.709. The summed E-state index contributed by atoms with van der Waals surface area (Å²) >= 11 is 0. The van der Waals surface area contributed by atoms with E-state index in [-0.39, 0.29) is 0 Å². The van der Waals surface area contributed by atoms with E-state index in [4.69, 9.17) is 4.42 Å². The third-order valence-corrected chi connectivity index (χ3v) is 4.45. The van der Waals surface area contributed by atoms with Crippen LogP contribution >= 0.6 is 0 Å². The van der Waals surface area contributed by atoms with Crippen LogP contribution in [0.1, 0.15) is 24.0 Å². The molecule has 1 aliphatic rings. The highest BCUT2D eigenvalue weighted by atomic mass is 16.3. The van der Waals surface area contributed by atoms with Gasteiger partial charge in [-0.05, 0) is 62.1 Å². The number of aromatic nitrogens is 1. The molecule has 0 atom stereocenters. The van der Waals surface area contributed by atoms with Crippen LogP contribution < -0.4 is 4.90 Å². The Bertz CT molecular complexity index is 829. The lowest BCUT2D eigenvalue weighted by molar-refractivity contribution is 0.620. The summed E-state index contributed by atoms with van der Waals surface area (Å²) in [5, 5.41) is 0. The van der Waals surface area contributed by atoms with Gasteiger partial charge in [-0.3, -0.25) is 0 Å². The van der Waals surface area contributed by atoms with Gasteiger partial charge in [0.15, 0.2) is 5.58 Å². The van der Waals surface area contributed by atoms with E-state index in [1.54, 1.807) is 0 Å². The zero-order valence-corrected chi connectivity index (χ0v) is 13.1.